The van der Waals surface area contributed by atoms with E-state index in [1.54, 1.807) is 0 Å². The first-order valence-electron chi connectivity index (χ1n) is 18.1. The Morgan fingerprint density at radius 2 is 1.70 bits per heavy atom. The van der Waals surface area contributed by atoms with Gasteiger partial charge in [-0.25, -0.2) is 0 Å². The van der Waals surface area contributed by atoms with Crippen LogP contribution in [0.2, 0.25) is 0 Å². The number of unbranched alkanes of at least 4 members (excludes halogenated alkanes) is 3. The van der Waals surface area contributed by atoms with Crippen molar-refractivity contribution in [2.45, 2.75) is 126 Å². The molecule has 5 aliphatic carbocycles. The predicted octanol–water partition coefficient (Wildman–Crippen LogP) is 8.55. The third kappa shape index (κ3) is 7.01. The average Bonchev–Trinajstić information content (AvgIpc) is 3.52. The largest absolute Gasteiger partial charge is 0.508 e. The molecule has 0 saturated heterocycles. The molecule has 0 aliphatic heterocycles. The zero-order chi connectivity index (χ0) is 32.1. The van der Waals surface area contributed by atoms with Crippen LogP contribution in [0.25, 0.3) is 0 Å². The minimum absolute atomic E-state index is 0.0658. The van der Waals surface area contributed by atoms with E-state index in [0.717, 1.165) is 63.4 Å². The quantitative estimate of drug-likeness (QED) is 0.157. The van der Waals surface area contributed by atoms with E-state index in [9.17, 15) is 25.2 Å². The van der Waals surface area contributed by atoms with Crippen molar-refractivity contribution in [1.82, 2.24) is 0 Å². The van der Waals surface area contributed by atoms with Gasteiger partial charge in [-0.2, -0.15) is 0 Å². The molecule has 2 aromatic carbocycles. The molecular formula is C41H54O5. The predicted molar refractivity (Wildman–Crippen MR) is 183 cm³/mol. The lowest BCUT2D eigenvalue weighted by Gasteiger charge is -2.48. The zero-order valence-corrected chi connectivity index (χ0v) is 27.5. The monoisotopic (exact) mass is 626 g/mol. The summed E-state index contributed by atoms with van der Waals surface area (Å²) < 4.78 is 0. The van der Waals surface area contributed by atoms with Crippen molar-refractivity contribution in [1.29, 1.82) is 0 Å². The highest BCUT2D eigenvalue weighted by Gasteiger charge is 2.48. The van der Waals surface area contributed by atoms with Crippen LogP contribution in [-0.4, -0.2) is 39.1 Å². The molecule has 0 radical (unpaired) electrons. The van der Waals surface area contributed by atoms with E-state index in [1.165, 1.54) is 60.8 Å². The molecule has 5 heteroatoms. The normalized spacial score (nSPS) is 32.3. The maximum absolute atomic E-state index is 13.0. The molecule has 0 heterocycles. The molecule has 4 N–H and O–H groups in total. The minimum Gasteiger partial charge on any atom is -0.508 e. The van der Waals surface area contributed by atoms with Gasteiger partial charge in [0.25, 0.3) is 0 Å². The van der Waals surface area contributed by atoms with Gasteiger partial charge in [0.05, 0.1) is 18.6 Å². The van der Waals surface area contributed by atoms with Crippen molar-refractivity contribution in [2.24, 2.45) is 17.8 Å². The van der Waals surface area contributed by atoms with Gasteiger partial charge in [-0.3, -0.25) is 4.79 Å². The van der Waals surface area contributed by atoms with E-state index in [0.29, 0.717) is 30.4 Å². The number of phenolic OH excluding ortho intramolecular Hbond substituents is 1. The highest BCUT2D eigenvalue weighted by atomic mass is 16.4. The van der Waals surface area contributed by atoms with Crippen LogP contribution in [0.5, 0.6) is 5.75 Å². The van der Waals surface area contributed by atoms with Crippen molar-refractivity contribution in [3.8, 4) is 5.75 Å². The summed E-state index contributed by atoms with van der Waals surface area (Å²) in [7, 11) is 0. The zero-order valence-electron chi connectivity index (χ0n) is 27.5. The first-order valence-corrected chi connectivity index (χ1v) is 18.1. The number of allylic oxidation sites excluding steroid dienone is 3. The summed E-state index contributed by atoms with van der Waals surface area (Å²) in [5.74, 6) is 0.0490. The molecule has 5 aliphatic rings. The van der Waals surface area contributed by atoms with Crippen LogP contribution in [0, 0.1) is 17.8 Å². The Bertz CT molecular complexity index is 1410. The van der Waals surface area contributed by atoms with Gasteiger partial charge < -0.3 is 20.4 Å². The van der Waals surface area contributed by atoms with Crippen LogP contribution in [0.3, 0.4) is 0 Å². The number of benzene rings is 2. The number of rotatable bonds is 10. The molecule has 0 unspecified atom stereocenters. The van der Waals surface area contributed by atoms with Crippen molar-refractivity contribution < 1.29 is 25.2 Å². The van der Waals surface area contributed by atoms with Crippen LogP contribution < -0.4 is 0 Å². The standard InChI is InChI=1S/C41H54O5/c42-28-32-13-12-29(23-32)7-3-1-2-4-9-34-24-30-14-19-38(39(45)46)41(21-6-11-37(44)27-41)35-10-5-8-31(25-35)26-40(34,22-20-30)33-15-17-36(43)18-16-33/h5,8,10,14-18,23,25,29,34,37-38,42-44H,1-4,6-7,9,11-13,19-22,24,26-28H2,(H,45,46)/b30-14-/t29-,34-,37-,38-,40+,41-/m0/s1. The minimum atomic E-state index is -0.750. The molecule has 46 heavy (non-hydrogen) atoms. The van der Waals surface area contributed by atoms with Gasteiger partial charge in [0.1, 0.15) is 5.75 Å². The number of fused-ring (bicyclic) bond motifs is 4. The third-order valence-corrected chi connectivity index (χ3v) is 12.4. The number of carboxylic acid groups (broad SMARTS) is 1. The van der Waals surface area contributed by atoms with Gasteiger partial charge >= 0.3 is 5.97 Å². The van der Waals surface area contributed by atoms with Crippen molar-refractivity contribution >= 4 is 5.97 Å². The Balaban J connectivity index is 1.29. The van der Waals surface area contributed by atoms with Gasteiger partial charge in [0.2, 0.25) is 0 Å². The third-order valence-electron chi connectivity index (χ3n) is 12.4. The Morgan fingerprint density at radius 1 is 0.891 bits per heavy atom. The topological polar surface area (TPSA) is 98.0 Å². The van der Waals surface area contributed by atoms with Gasteiger partial charge in [-0.15, -0.1) is 0 Å². The van der Waals surface area contributed by atoms with E-state index in [4.69, 9.17) is 0 Å². The number of carboxylic acids is 1. The molecule has 2 fully saturated rings. The SMILES string of the molecule is O=C(O)[C@@H]1C/C=C2/CC[C@](c3ccc(O)cc3)(Cc3cccc(c3)[C@@]13CCC[C@H](O)C3)[C@@H](CCCCCC[C@@H]1C=C(CO)CC1)C2. The Labute approximate surface area is 275 Å². The molecule has 248 valence electrons. The van der Waals surface area contributed by atoms with Gasteiger partial charge in [0.15, 0.2) is 0 Å². The van der Waals surface area contributed by atoms with Crippen LogP contribution in [-0.2, 0) is 22.0 Å². The second-order valence-electron chi connectivity index (χ2n) is 15.1. The second kappa shape index (κ2) is 14.5. The molecule has 2 saturated carbocycles. The molecule has 7 rings (SSSR count). The van der Waals surface area contributed by atoms with Crippen LogP contribution in [0.1, 0.15) is 119 Å². The summed E-state index contributed by atoms with van der Waals surface area (Å²) >= 11 is 0. The lowest BCUT2D eigenvalue weighted by molar-refractivity contribution is -0.145. The highest BCUT2D eigenvalue weighted by Crippen LogP contribution is 2.53. The first kappa shape index (κ1) is 33.0. The number of aliphatic hydroxyl groups is 2. The summed E-state index contributed by atoms with van der Waals surface area (Å²) in [6.07, 6.45) is 20.8. The maximum Gasteiger partial charge on any atom is 0.307 e. The van der Waals surface area contributed by atoms with E-state index < -0.39 is 23.4 Å². The van der Waals surface area contributed by atoms with Crippen LogP contribution in [0.4, 0.5) is 0 Å². The first-order chi connectivity index (χ1) is 22.3. The number of carbonyl (C=O) groups is 1. The van der Waals surface area contributed by atoms with Crippen molar-refractivity contribution in [2.75, 3.05) is 6.61 Å². The number of hydrogen-bond donors (Lipinski definition) is 4. The summed E-state index contributed by atoms with van der Waals surface area (Å²) in [5, 5.41) is 41.2. The number of aromatic hydroxyl groups is 1. The molecule has 2 aromatic rings. The lowest BCUT2D eigenvalue weighted by Crippen LogP contribution is -2.45. The van der Waals surface area contributed by atoms with E-state index in [-0.39, 0.29) is 12.0 Å². The Kier molecular flexibility index (Phi) is 10.4. The molecule has 5 nitrogen and oxygen atoms in total. The molecule has 6 atom stereocenters. The van der Waals surface area contributed by atoms with E-state index in [2.05, 4.69) is 48.6 Å². The smallest absolute Gasteiger partial charge is 0.307 e. The fourth-order valence-corrected chi connectivity index (χ4v) is 9.91. The Hall–Kier alpha value is -2.89. The maximum atomic E-state index is 13.0. The van der Waals surface area contributed by atoms with Gasteiger partial charge in [-0.05, 0) is 130 Å². The molecule has 0 aromatic heterocycles. The van der Waals surface area contributed by atoms with Crippen LogP contribution in [0.15, 0.2) is 71.8 Å². The molecule has 0 amide bonds. The highest BCUT2D eigenvalue weighted by molar-refractivity contribution is 5.73. The van der Waals surface area contributed by atoms with Crippen molar-refractivity contribution in [3.05, 3.63) is 88.5 Å². The fourth-order valence-electron chi connectivity index (χ4n) is 9.91. The van der Waals surface area contributed by atoms with Gasteiger partial charge in [0, 0.05) is 10.8 Å². The van der Waals surface area contributed by atoms with Crippen LogP contribution >= 0.6 is 0 Å². The molecular weight excluding hydrogens is 572 g/mol. The lowest BCUT2D eigenvalue weighted by atomic mass is 9.56. The number of hydrogen-bond acceptors (Lipinski definition) is 4. The average molecular weight is 627 g/mol. The van der Waals surface area contributed by atoms with E-state index in [1.807, 2.05) is 12.1 Å². The van der Waals surface area contributed by atoms with E-state index >= 15 is 0 Å². The summed E-state index contributed by atoms with van der Waals surface area (Å²) in [6.45, 7) is 0.211. The summed E-state index contributed by atoms with van der Waals surface area (Å²) in [4.78, 5) is 13.0. The molecule has 1 spiro atoms. The summed E-state index contributed by atoms with van der Waals surface area (Å²) in [6, 6.07) is 16.7. The summed E-state index contributed by atoms with van der Waals surface area (Å²) in [5.41, 5.74) is 5.59. The fraction of sp³-hybridized carbons (Fsp3) is 0.585. The Morgan fingerprint density at radius 3 is 2.43 bits per heavy atom. The number of aliphatic hydroxyl groups excluding tert-OH is 2. The molecule has 4 bridgehead atoms. The number of aliphatic carboxylic acids is 1. The number of phenols is 1. The second-order valence-corrected chi connectivity index (χ2v) is 15.1. The van der Waals surface area contributed by atoms with Gasteiger partial charge in [-0.1, -0.05) is 79.8 Å². The van der Waals surface area contributed by atoms with Crippen molar-refractivity contribution in [3.63, 3.8) is 0 Å².